The first-order chi connectivity index (χ1) is 11.1. The van der Waals surface area contributed by atoms with E-state index in [9.17, 15) is 4.79 Å². The van der Waals surface area contributed by atoms with Crippen molar-refractivity contribution in [3.63, 3.8) is 0 Å². The van der Waals surface area contributed by atoms with E-state index in [0.717, 1.165) is 24.4 Å². The standard InChI is InChI=1S/C16H25N5O2/c1-3-23-16(22)21-8-6-13(7-9-21)19-15-17-11(2)10-14(20-15)18-12-4-5-12/h10,12-13H,3-9H2,1-2H3,(H2,17,18,19,20). The zero-order valence-electron chi connectivity index (χ0n) is 13.8. The van der Waals surface area contributed by atoms with Crippen molar-refractivity contribution >= 4 is 17.9 Å². The first kappa shape index (κ1) is 15.8. The molecule has 0 atom stereocenters. The first-order valence-electron chi connectivity index (χ1n) is 8.44. The first-order valence-corrected chi connectivity index (χ1v) is 8.44. The lowest BCUT2D eigenvalue weighted by atomic mass is 10.1. The fraction of sp³-hybridized carbons (Fsp3) is 0.688. The molecule has 3 rings (SSSR count). The molecule has 1 amide bonds. The summed E-state index contributed by atoms with van der Waals surface area (Å²) in [5.41, 5.74) is 0.953. The summed E-state index contributed by atoms with van der Waals surface area (Å²) in [5, 5.41) is 6.82. The van der Waals surface area contributed by atoms with Crippen LogP contribution in [0.15, 0.2) is 6.07 Å². The van der Waals surface area contributed by atoms with Crippen LogP contribution in [0, 0.1) is 6.92 Å². The number of aryl methyl sites for hydroxylation is 1. The van der Waals surface area contributed by atoms with Crippen LogP contribution in [0.1, 0.15) is 38.3 Å². The summed E-state index contributed by atoms with van der Waals surface area (Å²) in [4.78, 5) is 22.5. The second kappa shape index (κ2) is 7.02. The van der Waals surface area contributed by atoms with Gasteiger partial charge in [-0.15, -0.1) is 0 Å². The molecule has 1 aliphatic carbocycles. The number of carbonyl (C=O) groups excluding carboxylic acids is 1. The number of nitrogens with one attached hydrogen (secondary N) is 2. The normalized spacial score (nSPS) is 18.6. The lowest BCUT2D eigenvalue weighted by Crippen LogP contribution is -2.42. The van der Waals surface area contributed by atoms with E-state index in [1.807, 2.05) is 19.9 Å². The Morgan fingerprint density at radius 3 is 2.57 bits per heavy atom. The number of likely N-dealkylation sites (tertiary alicyclic amines) is 1. The number of ether oxygens (including phenoxy) is 1. The maximum Gasteiger partial charge on any atom is 0.409 e. The largest absolute Gasteiger partial charge is 0.450 e. The molecule has 0 aromatic carbocycles. The van der Waals surface area contributed by atoms with E-state index in [1.165, 1.54) is 12.8 Å². The predicted octanol–water partition coefficient (Wildman–Crippen LogP) is 2.39. The zero-order valence-corrected chi connectivity index (χ0v) is 13.8. The van der Waals surface area contributed by atoms with Crippen molar-refractivity contribution in [3.05, 3.63) is 11.8 Å². The Kier molecular flexibility index (Phi) is 4.83. The molecule has 1 saturated carbocycles. The van der Waals surface area contributed by atoms with E-state index in [0.29, 0.717) is 31.7 Å². The number of rotatable bonds is 5. The van der Waals surface area contributed by atoms with E-state index in [1.54, 1.807) is 4.90 Å². The third-order valence-electron chi connectivity index (χ3n) is 4.14. The van der Waals surface area contributed by atoms with Crippen molar-refractivity contribution < 1.29 is 9.53 Å². The summed E-state index contributed by atoms with van der Waals surface area (Å²) in [5.74, 6) is 1.56. The molecule has 1 aliphatic heterocycles. The van der Waals surface area contributed by atoms with Crippen LogP contribution < -0.4 is 10.6 Å². The summed E-state index contributed by atoms with van der Waals surface area (Å²) in [6.07, 6.45) is 3.98. The molecule has 126 valence electrons. The van der Waals surface area contributed by atoms with Crippen LogP contribution in [0.4, 0.5) is 16.6 Å². The molecule has 2 fully saturated rings. The molecule has 7 nitrogen and oxygen atoms in total. The molecule has 1 aromatic rings. The van der Waals surface area contributed by atoms with Gasteiger partial charge in [-0.05, 0) is 39.5 Å². The maximum atomic E-state index is 11.7. The second-order valence-corrected chi connectivity index (χ2v) is 6.24. The van der Waals surface area contributed by atoms with Gasteiger partial charge < -0.3 is 20.3 Å². The fourth-order valence-electron chi connectivity index (χ4n) is 2.75. The molecule has 23 heavy (non-hydrogen) atoms. The van der Waals surface area contributed by atoms with Gasteiger partial charge in [0.05, 0.1) is 6.61 Å². The topological polar surface area (TPSA) is 79.4 Å². The second-order valence-electron chi connectivity index (χ2n) is 6.24. The maximum absolute atomic E-state index is 11.7. The van der Waals surface area contributed by atoms with E-state index < -0.39 is 0 Å². The predicted molar refractivity (Wildman–Crippen MR) is 88.7 cm³/mol. The van der Waals surface area contributed by atoms with Gasteiger partial charge in [0.1, 0.15) is 5.82 Å². The molecule has 1 saturated heterocycles. The lowest BCUT2D eigenvalue weighted by Gasteiger charge is -2.31. The van der Waals surface area contributed by atoms with Gasteiger partial charge in [-0.3, -0.25) is 0 Å². The molecule has 2 aliphatic rings. The summed E-state index contributed by atoms with van der Waals surface area (Å²) >= 11 is 0. The van der Waals surface area contributed by atoms with Crippen molar-refractivity contribution in [1.82, 2.24) is 14.9 Å². The minimum absolute atomic E-state index is 0.214. The Morgan fingerprint density at radius 2 is 1.91 bits per heavy atom. The van der Waals surface area contributed by atoms with Crippen molar-refractivity contribution in [2.24, 2.45) is 0 Å². The van der Waals surface area contributed by atoms with Crippen LogP contribution in [-0.4, -0.2) is 52.7 Å². The number of amides is 1. The molecule has 1 aromatic heterocycles. The molecule has 0 unspecified atom stereocenters. The SMILES string of the molecule is CCOC(=O)N1CCC(Nc2nc(C)cc(NC3CC3)n2)CC1. The minimum Gasteiger partial charge on any atom is -0.450 e. The van der Waals surface area contributed by atoms with Gasteiger partial charge in [0.15, 0.2) is 0 Å². The highest BCUT2D eigenvalue weighted by Gasteiger charge is 2.25. The van der Waals surface area contributed by atoms with Crippen LogP contribution in [-0.2, 0) is 4.74 Å². The Hall–Kier alpha value is -2.05. The van der Waals surface area contributed by atoms with Crippen LogP contribution in [0.25, 0.3) is 0 Å². The Bertz CT molecular complexity index is 553. The van der Waals surface area contributed by atoms with Gasteiger partial charge in [-0.1, -0.05) is 0 Å². The van der Waals surface area contributed by atoms with E-state index >= 15 is 0 Å². The van der Waals surface area contributed by atoms with Gasteiger partial charge >= 0.3 is 6.09 Å². The Balaban J connectivity index is 1.53. The van der Waals surface area contributed by atoms with Gasteiger partial charge in [0.25, 0.3) is 0 Å². The average Bonchev–Trinajstić information content (AvgIpc) is 3.31. The molecule has 0 radical (unpaired) electrons. The van der Waals surface area contributed by atoms with Gasteiger partial charge in [-0.2, -0.15) is 4.98 Å². The number of carbonyl (C=O) groups is 1. The van der Waals surface area contributed by atoms with E-state index in [4.69, 9.17) is 4.74 Å². The number of anilines is 2. The molecular weight excluding hydrogens is 294 g/mol. The number of nitrogens with zero attached hydrogens (tertiary/aromatic N) is 3. The summed E-state index contributed by atoms with van der Waals surface area (Å²) in [6, 6.07) is 2.84. The van der Waals surface area contributed by atoms with Crippen molar-refractivity contribution in [2.75, 3.05) is 30.3 Å². The monoisotopic (exact) mass is 319 g/mol. The van der Waals surface area contributed by atoms with Gasteiger partial charge in [-0.25, -0.2) is 9.78 Å². The lowest BCUT2D eigenvalue weighted by molar-refractivity contribution is 0.0983. The van der Waals surface area contributed by atoms with Crippen molar-refractivity contribution in [2.45, 2.75) is 51.6 Å². The van der Waals surface area contributed by atoms with Crippen molar-refractivity contribution in [3.8, 4) is 0 Å². The molecular formula is C16H25N5O2. The smallest absolute Gasteiger partial charge is 0.409 e. The number of hydrogen-bond acceptors (Lipinski definition) is 6. The number of piperidine rings is 1. The van der Waals surface area contributed by atoms with Crippen molar-refractivity contribution in [1.29, 1.82) is 0 Å². The van der Waals surface area contributed by atoms with Gasteiger partial charge in [0, 0.05) is 36.9 Å². The Morgan fingerprint density at radius 1 is 1.22 bits per heavy atom. The highest BCUT2D eigenvalue weighted by Crippen LogP contribution is 2.24. The van der Waals surface area contributed by atoms with Crippen LogP contribution in [0.2, 0.25) is 0 Å². The van der Waals surface area contributed by atoms with Crippen LogP contribution in [0.3, 0.4) is 0 Å². The highest BCUT2D eigenvalue weighted by atomic mass is 16.6. The molecule has 2 heterocycles. The quantitative estimate of drug-likeness (QED) is 0.867. The molecule has 0 spiro atoms. The summed E-state index contributed by atoms with van der Waals surface area (Å²) in [7, 11) is 0. The summed E-state index contributed by atoms with van der Waals surface area (Å²) in [6.45, 7) is 5.64. The van der Waals surface area contributed by atoms with E-state index in [-0.39, 0.29) is 12.1 Å². The molecule has 0 bridgehead atoms. The third kappa shape index (κ3) is 4.46. The number of hydrogen-bond donors (Lipinski definition) is 2. The average molecular weight is 319 g/mol. The molecule has 7 heteroatoms. The van der Waals surface area contributed by atoms with E-state index in [2.05, 4.69) is 20.6 Å². The fourth-order valence-corrected chi connectivity index (χ4v) is 2.75. The Labute approximate surface area is 136 Å². The molecule has 2 N–H and O–H groups in total. The summed E-state index contributed by atoms with van der Waals surface area (Å²) < 4.78 is 5.04. The van der Waals surface area contributed by atoms with Gasteiger partial charge in [0.2, 0.25) is 5.95 Å². The van der Waals surface area contributed by atoms with Crippen LogP contribution in [0.5, 0.6) is 0 Å². The van der Waals surface area contributed by atoms with Crippen LogP contribution >= 0.6 is 0 Å². The highest BCUT2D eigenvalue weighted by molar-refractivity contribution is 5.67. The number of aromatic nitrogens is 2. The zero-order chi connectivity index (χ0) is 16.2. The minimum atomic E-state index is -0.214. The third-order valence-corrected chi connectivity index (χ3v) is 4.14.